The molecule has 0 fully saturated rings. The van der Waals surface area contributed by atoms with Crippen molar-refractivity contribution < 1.29 is 0 Å². The second-order valence-corrected chi connectivity index (χ2v) is 12.6. The van der Waals surface area contributed by atoms with Gasteiger partial charge >= 0.3 is 0 Å². The molecule has 52 heavy (non-hydrogen) atoms. The van der Waals surface area contributed by atoms with E-state index in [0.29, 0.717) is 33.4 Å². The van der Waals surface area contributed by atoms with Crippen LogP contribution in [0.25, 0.3) is 77.2 Å². The van der Waals surface area contributed by atoms with Crippen LogP contribution in [0.15, 0.2) is 146 Å². The van der Waals surface area contributed by atoms with E-state index in [4.69, 9.17) is 0 Å². The van der Waals surface area contributed by atoms with Gasteiger partial charge in [0, 0.05) is 49.6 Å². The van der Waals surface area contributed by atoms with Crippen molar-refractivity contribution in [2.75, 3.05) is 0 Å². The molecule has 0 amide bonds. The molecule has 0 aliphatic rings. The summed E-state index contributed by atoms with van der Waals surface area (Å²) >= 11 is 0. The molecule has 0 saturated heterocycles. The van der Waals surface area contributed by atoms with Crippen LogP contribution in [0, 0.1) is 45.3 Å². The minimum absolute atomic E-state index is 0.409. The summed E-state index contributed by atoms with van der Waals surface area (Å²) in [5, 5.41) is 44.7. The SMILES string of the molecule is N#Cc1cccc(C#N)c1-c1ccc2c3cccc(-c4c(C#N)cccc4C#N)c3n(-c3ccc4c(c3)c3ccccc3n4-c3ccccc3)c2c1. The first kappa shape index (κ1) is 30.2. The molecule has 0 saturated carbocycles. The zero-order valence-corrected chi connectivity index (χ0v) is 27.5. The molecule has 6 heteroatoms. The van der Waals surface area contributed by atoms with Crippen LogP contribution >= 0.6 is 0 Å². The lowest BCUT2D eigenvalue weighted by Gasteiger charge is -2.15. The lowest BCUT2D eigenvalue weighted by atomic mass is 9.93. The Bertz CT molecular complexity index is 3050. The first-order valence-electron chi connectivity index (χ1n) is 16.7. The van der Waals surface area contributed by atoms with Crippen molar-refractivity contribution in [3.8, 4) is 57.9 Å². The van der Waals surface area contributed by atoms with Gasteiger partial charge in [0.2, 0.25) is 0 Å². The van der Waals surface area contributed by atoms with E-state index in [0.717, 1.165) is 66.1 Å². The fourth-order valence-electron chi connectivity index (χ4n) is 7.73. The van der Waals surface area contributed by atoms with Gasteiger partial charge in [0.25, 0.3) is 0 Å². The Morgan fingerprint density at radius 2 is 0.942 bits per heavy atom. The highest BCUT2D eigenvalue weighted by molar-refractivity contribution is 6.16. The van der Waals surface area contributed by atoms with Crippen molar-refractivity contribution in [2.45, 2.75) is 0 Å². The van der Waals surface area contributed by atoms with E-state index in [-0.39, 0.29) is 0 Å². The molecule has 9 aromatic rings. The molecule has 0 unspecified atom stereocenters. The molecule has 0 radical (unpaired) electrons. The zero-order valence-electron chi connectivity index (χ0n) is 27.5. The van der Waals surface area contributed by atoms with E-state index in [1.807, 2.05) is 48.5 Å². The molecule has 238 valence electrons. The number of aromatic nitrogens is 2. The maximum absolute atomic E-state index is 10.3. The van der Waals surface area contributed by atoms with E-state index in [1.165, 1.54) is 0 Å². The third-order valence-corrected chi connectivity index (χ3v) is 9.89. The average Bonchev–Trinajstić information content (AvgIpc) is 3.72. The predicted molar refractivity (Wildman–Crippen MR) is 205 cm³/mol. The van der Waals surface area contributed by atoms with E-state index < -0.39 is 0 Å². The Hall–Kier alpha value is -7.90. The summed E-state index contributed by atoms with van der Waals surface area (Å²) < 4.78 is 4.46. The van der Waals surface area contributed by atoms with E-state index in [9.17, 15) is 21.0 Å². The highest BCUT2D eigenvalue weighted by Gasteiger charge is 2.22. The molecule has 7 aromatic carbocycles. The molecule has 0 aliphatic carbocycles. The van der Waals surface area contributed by atoms with Crippen molar-refractivity contribution in [1.82, 2.24) is 9.13 Å². The van der Waals surface area contributed by atoms with Gasteiger partial charge in [-0.1, -0.05) is 78.9 Å². The van der Waals surface area contributed by atoms with E-state index in [1.54, 1.807) is 36.4 Å². The maximum Gasteiger partial charge on any atom is 0.0998 e. The van der Waals surface area contributed by atoms with E-state index >= 15 is 0 Å². The van der Waals surface area contributed by atoms with Crippen LogP contribution in [0.1, 0.15) is 22.3 Å². The van der Waals surface area contributed by atoms with E-state index in [2.05, 4.69) is 94.1 Å². The third kappa shape index (κ3) is 4.40. The van der Waals surface area contributed by atoms with Gasteiger partial charge in [-0.25, -0.2) is 0 Å². The fourth-order valence-corrected chi connectivity index (χ4v) is 7.73. The van der Waals surface area contributed by atoms with Crippen molar-refractivity contribution in [1.29, 1.82) is 21.0 Å². The first-order chi connectivity index (χ1) is 25.6. The summed E-state index contributed by atoms with van der Waals surface area (Å²) in [6.45, 7) is 0. The maximum atomic E-state index is 10.3. The van der Waals surface area contributed by atoms with Crippen LogP contribution in [0.4, 0.5) is 0 Å². The standard InChI is InChI=1S/C46H24N6/c47-25-30-9-6-10-31(26-48)44(30)29-19-21-37-38-16-8-17-39(45-32(27-49)11-7-12-33(45)28-50)46(38)52(43(37)23-29)35-20-22-42-40(24-35)36-15-4-5-18-41(36)51(42)34-13-2-1-3-14-34/h1-24H. The minimum atomic E-state index is 0.409. The molecule has 6 nitrogen and oxygen atoms in total. The lowest BCUT2D eigenvalue weighted by Crippen LogP contribution is -1.98. The Labute approximate surface area is 298 Å². The Morgan fingerprint density at radius 1 is 0.365 bits per heavy atom. The lowest BCUT2D eigenvalue weighted by molar-refractivity contribution is 1.17. The van der Waals surface area contributed by atoms with Crippen molar-refractivity contribution >= 4 is 43.6 Å². The van der Waals surface area contributed by atoms with Gasteiger partial charge in [-0.05, 0) is 72.3 Å². The molecule has 2 aromatic heterocycles. The number of hydrogen-bond acceptors (Lipinski definition) is 4. The predicted octanol–water partition coefficient (Wildman–Crippen LogP) is 10.7. The van der Waals surface area contributed by atoms with Gasteiger partial charge in [0.1, 0.15) is 0 Å². The second-order valence-electron chi connectivity index (χ2n) is 12.6. The summed E-state index contributed by atoms with van der Waals surface area (Å²) in [5.74, 6) is 0. The van der Waals surface area contributed by atoms with Crippen LogP contribution in [0.5, 0.6) is 0 Å². The molecule has 0 bridgehead atoms. The number of nitriles is 4. The topological polar surface area (TPSA) is 105 Å². The third-order valence-electron chi connectivity index (χ3n) is 9.89. The van der Waals surface area contributed by atoms with Crippen LogP contribution in [-0.4, -0.2) is 9.13 Å². The second kappa shape index (κ2) is 11.9. The highest BCUT2D eigenvalue weighted by Crippen LogP contribution is 2.43. The number of fused-ring (bicyclic) bond motifs is 6. The normalized spacial score (nSPS) is 11.0. The summed E-state index contributed by atoms with van der Waals surface area (Å²) in [5.41, 5.74) is 10.1. The fraction of sp³-hybridized carbons (Fsp3) is 0. The summed E-state index contributed by atoms with van der Waals surface area (Å²) in [7, 11) is 0. The van der Waals surface area contributed by atoms with Crippen LogP contribution in [0.2, 0.25) is 0 Å². The van der Waals surface area contributed by atoms with Gasteiger partial charge in [-0.15, -0.1) is 0 Å². The van der Waals surface area contributed by atoms with Crippen molar-refractivity contribution in [3.05, 3.63) is 168 Å². The Morgan fingerprint density at radius 3 is 1.63 bits per heavy atom. The molecular weight excluding hydrogens is 637 g/mol. The number of para-hydroxylation sites is 3. The van der Waals surface area contributed by atoms with Crippen LogP contribution in [0.3, 0.4) is 0 Å². The molecule has 0 aliphatic heterocycles. The monoisotopic (exact) mass is 660 g/mol. The number of hydrogen-bond donors (Lipinski definition) is 0. The van der Waals surface area contributed by atoms with Crippen molar-refractivity contribution in [2.24, 2.45) is 0 Å². The molecular formula is C46H24N6. The number of nitrogens with zero attached hydrogens (tertiary/aromatic N) is 6. The van der Waals surface area contributed by atoms with Crippen LogP contribution < -0.4 is 0 Å². The zero-order chi connectivity index (χ0) is 35.3. The quantitative estimate of drug-likeness (QED) is 0.187. The smallest absolute Gasteiger partial charge is 0.0998 e. The van der Waals surface area contributed by atoms with Gasteiger partial charge in [0.05, 0.1) is 68.6 Å². The average molecular weight is 661 g/mol. The Kier molecular flexibility index (Phi) is 6.91. The molecule has 0 spiro atoms. The molecule has 0 atom stereocenters. The summed E-state index contributed by atoms with van der Waals surface area (Å²) in [6, 6.07) is 56.7. The number of benzene rings is 7. The number of rotatable bonds is 4. The van der Waals surface area contributed by atoms with Gasteiger partial charge < -0.3 is 9.13 Å². The first-order valence-corrected chi connectivity index (χ1v) is 16.7. The van der Waals surface area contributed by atoms with Gasteiger partial charge in [0.15, 0.2) is 0 Å². The molecule has 9 rings (SSSR count). The highest BCUT2D eigenvalue weighted by atomic mass is 15.0. The Balaban J connectivity index is 1.44. The largest absolute Gasteiger partial charge is 0.309 e. The van der Waals surface area contributed by atoms with Gasteiger partial charge in [-0.3, -0.25) is 0 Å². The van der Waals surface area contributed by atoms with Crippen molar-refractivity contribution in [3.63, 3.8) is 0 Å². The minimum Gasteiger partial charge on any atom is -0.309 e. The summed E-state index contributed by atoms with van der Waals surface area (Å²) in [6.07, 6.45) is 0. The van der Waals surface area contributed by atoms with Crippen LogP contribution in [-0.2, 0) is 0 Å². The van der Waals surface area contributed by atoms with Gasteiger partial charge in [-0.2, -0.15) is 21.0 Å². The molecule has 2 heterocycles. The summed E-state index contributed by atoms with van der Waals surface area (Å²) in [4.78, 5) is 0. The molecule has 0 N–H and O–H groups in total.